The monoisotopic (exact) mass is 417 g/mol. The van der Waals surface area contributed by atoms with E-state index in [0.717, 1.165) is 17.7 Å². The first kappa shape index (κ1) is 22.4. The third kappa shape index (κ3) is 6.35. The standard InChI is InChI=1S/C27H31NO3/c1-27(2,3)23-11-13-24(14-12-23)31-19-22-18-21(10-15-25(22)30-4)26(29)28-17-16-20-8-6-5-7-9-20/h5-15,18H,16-17,19H2,1-4H3,(H,28,29). The van der Waals surface area contributed by atoms with Gasteiger partial charge in [-0.25, -0.2) is 0 Å². The van der Waals surface area contributed by atoms with Crippen molar-refractivity contribution in [1.29, 1.82) is 0 Å². The van der Waals surface area contributed by atoms with Gasteiger partial charge in [-0.3, -0.25) is 4.79 Å². The fraction of sp³-hybridized carbons (Fsp3) is 0.296. The molecule has 3 aromatic rings. The van der Waals surface area contributed by atoms with Crippen molar-refractivity contribution >= 4 is 5.91 Å². The van der Waals surface area contributed by atoms with Crippen molar-refractivity contribution in [2.45, 2.75) is 39.2 Å². The summed E-state index contributed by atoms with van der Waals surface area (Å²) in [4.78, 5) is 12.6. The zero-order valence-electron chi connectivity index (χ0n) is 18.8. The lowest BCUT2D eigenvalue weighted by molar-refractivity contribution is 0.0954. The predicted octanol–water partition coefficient (Wildman–Crippen LogP) is 5.54. The summed E-state index contributed by atoms with van der Waals surface area (Å²) >= 11 is 0. The number of nitrogens with one attached hydrogen (secondary N) is 1. The van der Waals surface area contributed by atoms with E-state index < -0.39 is 0 Å². The van der Waals surface area contributed by atoms with Crippen molar-refractivity contribution in [3.8, 4) is 11.5 Å². The summed E-state index contributed by atoms with van der Waals surface area (Å²) in [6.07, 6.45) is 0.795. The maximum Gasteiger partial charge on any atom is 0.251 e. The Morgan fingerprint density at radius 1 is 0.935 bits per heavy atom. The molecule has 3 rings (SSSR count). The molecule has 1 N–H and O–H groups in total. The van der Waals surface area contributed by atoms with Crippen LogP contribution in [0.25, 0.3) is 0 Å². The van der Waals surface area contributed by atoms with Crippen molar-refractivity contribution in [1.82, 2.24) is 5.32 Å². The Morgan fingerprint density at radius 2 is 1.65 bits per heavy atom. The van der Waals surface area contributed by atoms with E-state index >= 15 is 0 Å². The summed E-state index contributed by atoms with van der Waals surface area (Å²) in [5, 5.41) is 2.99. The average Bonchev–Trinajstić information content (AvgIpc) is 2.77. The molecule has 4 nitrogen and oxygen atoms in total. The third-order valence-electron chi connectivity index (χ3n) is 5.20. The van der Waals surface area contributed by atoms with Gasteiger partial charge in [-0.2, -0.15) is 0 Å². The lowest BCUT2D eigenvalue weighted by Crippen LogP contribution is -2.25. The molecule has 0 saturated carbocycles. The van der Waals surface area contributed by atoms with Crippen LogP contribution in [-0.2, 0) is 18.4 Å². The Bertz CT molecular complexity index is 989. The van der Waals surface area contributed by atoms with Gasteiger partial charge in [0, 0.05) is 17.7 Å². The Labute approximate surface area is 185 Å². The second kappa shape index (κ2) is 10.2. The number of benzene rings is 3. The SMILES string of the molecule is COc1ccc(C(=O)NCCc2ccccc2)cc1COc1ccc(C(C)(C)C)cc1. The van der Waals surface area contributed by atoms with E-state index in [9.17, 15) is 4.79 Å². The van der Waals surface area contributed by atoms with Crippen LogP contribution in [0.15, 0.2) is 72.8 Å². The second-order valence-electron chi connectivity index (χ2n) is 8.58. The van der Waals surface area contributed by atoms with Crippen LogP contribution in [0.3, 0.4) is 0 Å². The molecule has 0 bridgehead atoms. The van der Waals surface area contributed by atoms with Gasteiger partial charge in [0.1, 0.15) is 18.1 Å². The Balaban J connectivity index is 1.62. The molecule has 31 heavy (non-hydrogen) atoms. The fourth-order valence-corrected chi connectivity index (χ4v) is 3.31. The van der Waals surface area contributed by atoms with Gasteiger partial charge in [0.15, 0.2) is 0 Å². The van der Waals surface area contributed by atoms with Gasteiger partial charge >= 0.3 is 0 Å². The molecule has 0 aromatic heterocycles. The molecule has 0 unspecified atom stereocenters. The topological polar surface area (TPSA) is 47.6 Å². The summed E-state index contributed by atoms with van der Waals surface area (Å²) in [5.41, 5.74) is 3.98. The highest BCUT2D eigenvalue weighted by Crippen LogP contribution is 2.26. The molecule has 0 spiro atoms. The number of carbonyl (C=O) groups is 1. The highest BCUT2D eigenvalue weighted by molar-refractivity contribution is 5.94. The number of hydrogen-bond donors (Lipinski definition) is 1. The molecule has 0 radical (unpaired) electrons. The molecule has 0 atom stereocenters. The molecule has 162 valence electrons. The maximum absolute atomic E-state index is 12.6. The summed E-state index contributed by atoms with van der Waals surface area (Å²) in [7, 11) is 1.62. The van der Waals surface area contributed by atoms with E-state index in [1.54, 1.807) is 13.2 Å². The largest absolute Gasteiger partial charge is 0.496 e. The van der Waals surface area contributed by atoms with E-state index in [1.807, 2.05) is 42.5 Å². The van der Waals surface area contributed by atoms with Crippen LogP contribution < -0.4 is 14.8 Å². The minimum Gasteiger partial charge on any atom is -0.496 e. The number of carbonyl (C=O) groups excluding carboxylic acids is 1. The highest BCUT2D eigenvalue weighted by Gasteiger charge is 2.14. The first-order valence-corrected chi connectivity index (χ1v) is 10.6. The van der Waals surface area contributed by atoms with E-state index in [4.69, 9.17) is 9.47 Å². The minimum absolute atomic E-state index is 0.101. The second-order valence-corrected chi connectivity index (χ2v) is 8.58. The molecule has 4 heteroatoms. The predicted molar refractivity (Wildman–Crippen MR) is 125 cm³/mol. The molecule has 0 saturated heterocycles. The van der Waals surface area contributed by atoms with E-state index in [-0.39, 0.29) is 11.3 Å². The quantitative estimate of drug-likeness (QED) is 0.523. The zero-order chi connectivity index (χ0) is 22.3. The summed E-state index contributed by atoms with van der Waals surface area (Å²) < 4.78 is 11.4. The normalized spacial score (nSPS) is 11.1. The van der Waals surface area contributed by atoms with E-state index in [0.29, 0.717) is 24.5 Å². The van der Waals surface area contributed by atoms with Crippen LogP contribution >= 0.6 is 0 Å². The Morgan fingerprint density at radius 3 is 2.29 bits per heavy atom. The molecule has 0 fully saturated rings. The van der Waals surface area contributed by atoms with Gasteiger partial charge < -0.3 is 14.8 Å². The molecular weight excluding hydrogens is 386 g/mol. The lowest BCUT2D eigenvalue weighted by Gasteiger charge is -2.19. The van der Waals surface area contributed by atoms with Crippen molar-refractivity contribution < 1.29 is 14.3 Å². The molecule has 0 aliphatic heterocycles. The molecular formula is C27H31NO3. The van der Waals surface area contributed by atoms with Gasteiger partial charge in [0.2, 0.25) is 0 Å². The molecule has 3 aromatic carbocycles. The number of amides is 1. The Kier molecular flexibility index (Phi) is 7.35. The number of methoxy groups -OCH3 is 1. The number of ether oxygens (including phenoxy) is 2. The zero-order valence-corrected chi connectivity index (χ0v) is 18.8. The van der Waals surface area contributed by atoms with Crippen LogP contribution in [0.1, 0.15) is 47.8 Å². The van der Waals surface area contributed by atoms with Gasteiger partial charge in [-0.15, -0.1) is 0 Å². The smallest absolute Gasteiger partial charge is 0.251 e. The van der Waals surface area contributed by atoms with Crippen LogP contribution in [-0.4, -0.2) is 19.6 Å². The highest BCUT2D eigenvalue weighted by atomic mass is 16.5. The summed E-state index contributed by atoms with van der Waals surface area (Å²) in [6.45, 7) is 7.46. The minimum atomic E-state index is -0.102. The average molecular weight is 418 g/mol. The first-order chi connectivity index (χ1) is 14.9. The number of hydrogen-bond acceptors (Lipinski definition) is 3. The molecule has 0 heterocycles. The van der Waals surface area contributed by atoms with E-state index in [2.05, 4.69) is 50.4 Å². The van der Waals surface area contributed by atoms with Gasteiger partial charge in [-0.1, -0.05) is 63.2 Å². The van der Waals surface area contributed by atoms with Crippen LogP contribution in [0.2, 0.25) is 0 Å². The van der Waals surface area contributed by atoms with Crippen LogP contribution in [0.5, 0.6) is 11.5 Å². The molecule has 0 aliphatic carbocycles. The first-order valence-electron chi connectivity index (χ1n) is 10.6. The maximum atomic E-state index is 12.6. The third-order valence-corrected chi connectivity index (χ3v) is 5.20. The van der Waals surface area contributed by atoms with E-state index in [1.165, 1.54) is 11.1 Å². The van der Waals surface area contributed by atoms with Crippen LogP contribution in [0.4, 0.5) is 0 Å². The number of rotatable bonds is 8. The Hall–Kier alpha value is -3.27. The van der Waals surface area contributed by atoms with Crippen molar-refractivity contribution in [2.24, 2.45) is 0 Å². The van der Waals surface area contributed by atoms with Crippen LogP contribution in [0, 0.1) is 0 Å². The van der Waals surface area contributed by atoms with Gasteiger partial charge in [0.25, 0.3) is 5.91 Å². The molecule has 0 aliphatic rings. The fourth-order valence-electron chi connectivity index (χ4n) is 3.31. The lowest BCUT2D eigenvalue weighted by atomic mass is 9.87. The van der Waals surface area contributed by atoms with Crippen molar-refractivity contribution in [3.63, 3.8) is 0 Å². The summed E-state index contributed by atoms with van der Waals surface area (Å²) in [6, 6.07) is 23.7. The molecule has 1 amide bonds. The summed E-state index contributed by atoms with van der Waals surface area (Å²) in [5.74, 6) is 1.38. The van der Waals surface area contributed by atoms with Gasteiger partial charge in [0.05, 0.1) is 7.11 Å². The van der Waals surface area contributed by atoms with Crippen molar-refractivity contribution in [3.05, 3.63) is 95.1 Å². The van der Waals surface area contributed by atoms with Gasteiger partial charge in [-0.05, 0) is 53.3 Å². The van der Waals surface area contributed by atoms with Crippen molar-refractivity contribution in [2.75, 3.05) is 13.7 Å².